The van der Waals surface area contributed by atoms with Gasteiger partial charge in [-0.25, -0.2) is 0 Å². The molecule has 0 radical (unpaired) electrons. The number of rotatable bonds is 4. The van der Waals surface area contributed by atoms with Crippen LogP contribution in [0, 0.1) is 0 Å². The highest BCUT2D eigenvalue weighted by atomic mass is 35.5. The number of aryl methyl sites for hydroxylation is 1. The number of aromatic nitrogens is 2. The van der Waals surface area contributed by atoms with E-state index in [1.807, 2.05) is 30.3 Å². The number of nitrogens with zero attached hydrogens (tertiary/aromatic N) is 2. The zero-order chi connectivity index (χ0) is 13.0. The summed E-state index contributed by atoms with van der Waals surface area (Å²) in [4.78, 5) is 12.0. The van der Waals surface area contributed by atoms with Gasteiger partial charge in [-0.3, -0.25) is 9.48 Å². The number of carbonyl (C=O) groups is 1. The van der Waals surface area contributed by atoms with E-state index in [0.717, 1.165) is 5.56 Å². The Kier molecular flexibility index (Phi) is 3.99. The van der Waals surface area contributed by atoms with Gasteiger partial charge in [0.2, 0.25) is 0 Å². The van der Waals surface area contributed by atoms with Crippen LogP contribution in [0.4, 0.5) is 0 Å². The highest BCUT2D eigenvalue weighted by Crippen LogP contribution is 2.14. The van der Waals surface area contributed by atoms with Crippen molar-refractivity contribution in [1.29, 1.82) is 0 Å². The molecule has 1 unspecified atom stereocenters. The lowest BCUT2D eigenvalue weighted by atomic mass is 10.1. The fourth-order valence-corrected chi connectivity index (χ4v) is 1.92. The third-order valence-corrected chi connectivity index (χ3v) is 2.92. The third kappa shape index (κ3) is 2.90. The van der Waals surface area contributed by atoms with E-state index >= 15 is 0 Å². The second-order valence-electron chi connectivity index (χ2n) is 3.97. The van der Waals surface area contributed by atoms with Gasteiger partial charge in [0, 0.05) is 19.1 Å². The third-order valence-electron chi connectivity index (χ3n) is 2.61. The molecule has 1 atom stereocenters. The van der Waals surface area contributed by atoms with Crippen LogP contribution in [0.3, 0.4) is 0 Å². The Hall–Kier alpha value is -1.81. The number of alkyl halides is 1. The summed E-state index contributed by atoms with van der Waals surface area (Å²) in [5, 5.41) is 6.92. The van der Waals surface area contributed by atoms with Crippen LogP contribution in [0.25, 0.3) is 0 Å². The van der Waals surface area contributed by atoms with Crippen LogP contribution in [0.5, 0.6) is 0 Å². The highest BCUT2D eigenvalue weighted by molar-refractivity contribution is 6.18. The van der Waals surface area contributed by atoms with Crippen LogP contribution in [0.1, 0.15) is 22.1 Å². The first kappa shape index (κ1) is 12.6. The van der Waals surface area contributed by atoms with Crippen molar-refractivity contribution in [3.8, 4) is 0 Å². The van der Waals surface area contributed by atoms with E-state index < -0.39 is 0 Å². The monoisotopic (exact) mass is 263 g/mol. The summed E-state index contributed by atoms with van der Waals surface area (Å²) < 4.78 is 1.59. The molecule has 1 aromatic carbocycles. The summed E-state index contributed by atoms with van der Waals surface area (Å²) in [7, 11) is 1.77. The first-order valence-corrected chi connectivity index (χ1v) is 6.15. The standard InChI is InChI=1S/C13H14ClN3O/c1-17-8-7-11(16-17)13(18)15-12(9-14)10-5-3-2-4-6-10/h2-8,12H,9H2,1H3,(H,15,18). The van der Waals surface area contributed by atoms with Crippen molar-refractivity contribution >= 4 is 17.5 Å². The van der Waals surface area contributed by atoms with Crippen molar-refractivity contribution in [1.82, 2.24) is 15.1 Å². The predicted molar refractivity (Wildman–Crippen MR) is 70.6 cm³/mol. The lowest BCUT2D eigenvalue weighted by Crippen LogP contribution is -2.30. The van der Waals surface area contributed by atoms with E-state index in [9.17, 15) is 4.79 Å². The van der Waals surface area contributed by atoms with E-state index in [1.54, 1.807) is 24.0 Å². The van der Waals surface area contributed by atoms with Gasteiger partial charge in [0.1, 0.15) is 5.69 Å². The molecule has 2 aromatic rings. The van der Waals surface area contributed by atoms with Crippen LogP contribution in [-0.2, 0) is 7.05 Å². The largest absolute Gasteiger partial charge is 0.343 e. The van der Waals surface area contributed by atoms with Gasteiger partial charge in [0.25, 0.3) is 5.91 Å². The molecule has 2 rings (SSSR count). The smallest absolute Gasteiger partial charge is 0.272 e. The molecule has 0 saturated heterocycles. The van der Waals surface area contributed by atoms with Crippen LogP contribution in [0.15, 0.2) is 42.6 Å². The maximum atomic E-state index is 12.0. The Morgan fingerprint density at radius 1 is 1.39 bits per heavy atom. The molecule has 0 aliphatic heterocycles. The Bertz CT molecular complexity index is 524. The summed E-state index contributed by atoms with van der Waals surface area (Å²) in [5.41, 5.74) is 1.38. The van der Waals surface area contributed by atoms with Gasteiger partial charge in [-0.05, 0) is 11.6 Å². The molecule has 5 heteroatoms. The van der Waals surface area contributed by atoms with Gasteiger partial charge in [0.05, 0.1) is 6.04 Å². The summed E-state index contributed by atoms with van der Waals surface area (Å²) in [6.07, 6.45) is 1.73. The molecule has 94 valence electrons. The average Bonchev–Trinajstić information content (AvgIpc) is 2.83. The lowest BCUT2D eigenvalue weighted by molar-refractivity contribution is 0.0934. The van der Waals surface area contributed by atoms with Gasteiger partial charge in [-0.1, -0.05) is 30.3 Å². The first-order valence-electron chi connectivity index (χ1n) is 5.62. The van der Waals surface area contributed by atoms with Gasteiger partial charge in [0.15, 0.2) is 0 Å². The normalized spacial score (nSPS) is 12.1. The van der Waals surface area contributed by atoms with E-state index in [-0.39, 0.29) is 11.9 Å². The van der Waals surface area contributed by atoms with Crippen LogP contribution >= 0.6 is 11.6 Å². The van der Waals surface area contributed by atoms with Gasteiger partial charge in [-0.2, -0.15) is 5.10 Å². The lowest BCUT2D eigenvalue weighted by Gasteiger charge is -2.15. The van der Waals surface area contributed by atoms with Gasteiger partial charge < -0.3 is 5.32 Å². The fourth-order valence-electron chi connectivity index (χ4n) is 1.66. The highest BCUT2D eigenvalue weighted by Gasteiger charge is 2.16. The first-order chi connectivity index (χ1) is 8.70. The Morgan fingerprint density at radius 3 is 2.67 bits per heavy atom. The molecule has 18 heavy (non-hydrogen) atoms. The van der Waals surface area contributed by atoms with Crippen molar-refractivity contribution < 1.29 is 4.79 Å². The van der Waals surface area contributed by atoms with Crippen molar-refractivity contribution in [2.45, 2.75) is 6.04 Å². The van der Waals surface area contributed by atoms with E-state index in [0.29, 0.717) is 11.6 Å². The second kappa shape index (κ2) is 5.69. The molecular formula is C13H14ClN3O. The number of hydrogen-bond donors (Lipinski definition) is 1. The summed E-state index contributed by atoms with van der Waals surface area (Å²) in [5.74, 6) is 0.105. The average molecular weight is 264 g/mol. The molecular weight excluding hydrogens is 250 g/mol. The fraction of sp³-hybridized carbons (Fsp3) is 0.231. The van der Waals surface area contributed by atoms with E-state index in [1.165, 1.54) is 0 Å². The number of nitrogens with one attached hydrogen (secondary N) is 1. The van der Waals surface area contributed by atoms with Crippen molar-refractivity contribution in [3.63, 3.8) is 0 Å². The zero-order valence-corrected chi connectivity index (χ0v) is 10.8. The second-order valence-corrected chi connectivity index (χ2v) is 4.27. The van der Waals surface area contributed by atoms with Gasteiger partial charge >= 0.3 is 0 Å². The quantitative estimate of drug-likeness (QED) is 0.859. The summed E-state index contributed by atoms with van der Waals surface area (Å²) in [6.45, 7) is 0. The molecule has 1 amide bonds. The molecule has 1 N–H and O–H groups in total. The van der Waals surface area contributed by atoms with E-state index in [4.69, 9.17) is 11.6 Å². The molecule has 0 fully saturated rings. The Morgan fingerprint density at radius 2 is 2.11 bits per heavy atom. The molecule has 0 aliphatic carbocycles. The molecule has 0 saturated carbocycles. The van der Waals surface area contributed by atoms with Gasteiger partial charge in [-0.15, -0.1) is 11.6 Å². The number of hydrogen-bond acceptors (Lipinski definition) is 2. The summed E-state index contributed by atoms with van der Waals surface area (Å²) in [6, 6.07) is 11.1. The van der Waals surface area contributed by atoms with E-state index in [2.05, 4.69) is 10.4 Å². The number of carbonyl (C=O) groups excluding carboxylic acids is 1. The minimum absolute atomic E-state index is 0.206. The minimum atomic E-state index is -0.217. The Labute approximate surface area is 111 Å². The molecule has 0 aliphatic rings. The molecule has 0 bridgehead atoms. The van der Waals surface area contributed by atoms with Crippen molar-refractivity contribution in [2.75, 3.05) is 5.88 Å². The van der Waals surface area contributed by atoms with Crippen LogP contribution in [-0.4, -0.2) is 21.6 Å². The minimum Gasteiger partial charge on any atom is -0.343 e. The number of amides is 1. The maximum Gasteiger partial charge on any atom is 0.272 e. The zero-order valence-electron chi connectivity index (χ0n) is 10.0. The Balaban J connectivity index is 2.10. The van der Waals surface area contributed by atoms with Crippen LogP contribution < -0.4 is 5.32 Å². The van der Waals surface area contributed by atoms with Crippen LogP contribution in [0.2, 0.25) is 0 Å². The molecule has 1 heterocycles. The maximum absolute atomic E-state index is 12.0. The molecule has 0 spiro atoms. The predicted octanol–water partition coefficient (Wildman–Crippen LogP) is 2.13. The SMILES string of the molecule is Cn1ccc(C(=O)NC(CCl)c2ccccc2)n1. The van der Waals surface area contributed by atoms with Crippen molar-refractivity contribution in [2.24, 2.45) is 7.05 Å². The topological polar surface area (TPSA) is 46.9 Å². The number of benzene rings is 1. The number of halogens is 1. The molecule has 1 aromatic heterocycles. The molecule has 4 nitrogen and oxygen atoms in total. The van der Waals surface area contributed by atoms with Crippen molar-refractivity contribution in [3.05, 3.63) is 53.9 Å². The summed E-state index contributed by atoms with van der Waals surface area (Å²) >= 11 is 5.90.